The van der Waals surface area contributed by atoms with E-state index < -0.39 is 0 Å². The first-order chi connectivity index (χ1) is 4.38. The average molecular weight is 181 g/mol. The van der Waals surface area contributed by atoms with Crippen LogP contribution < -0.4 is 0 Å². The van der Waals surface area contributed by atoms with Crippen LogP contribution in [0.2, 0.25) is 0 Å². The number of hydrogen-bond donors (Lipinski definition) is 0. The molecule has 0 aliphatic heterocycles. The van der Waals surface area contributed by atoms with Crippen molar-refractivity contribution in [1.82, 2.24) is 0 Å². The number of benzene rings is 1. The lowest BCUT2D eigenvalue weighted by atomic mass is 9.98. The van der Waals surface area contributed by atoms with Gasteiger partial charge in [-0.1, -0.05) is 40.2 Å². The second-order valence-electron chi connectivity index (χ2n) is 2.08. The monoisotopic (exact) mass is 180 g/mol. The zero-order valence-corrected chi connectivity index (χ0v) is 6.35. The molecule has 9 heavy (non-hydrogen) atoms. The molecule has 0 saturated carbocycles. The number of rotatable bonds is 0. The summed E-state index contributed by atoms with van der Waals surface area (Å²) in [7, 11) is 0. The Morgan fingerprint density at radius 1 is 1.11 bits per heavy atom. The molecule has 0 fully saturated rings. The van der Waals surface area contributed by atoms with Gasteiger partial charge in [0.2, 0.25) is 0 Å². The molecule has 0 atom stereocenters. The zero-order valence-electron chi connectivity index (χ0n) is 4.76. The highest BCUT2D eigenvalue weighted by atomic mass is 79.9. The largest absolute Gasteiger partial charge is 0.0605 e. The van der Waals surface area contributed by atoms with Gasteiger partial charge in [-0.2, -0.15) is 0 Å². The van der Waals surface area contributed by atoms with Gasteiger partial charge in [-0.25, -0.2) is 0 Å². The summed E-state index contributed by atoms with van der Waals surface area (Å²) in [6.07, 6.45) is 4.22. The molecule has 0 heterocycles. The average Bonchev–Trinajstić information content (AvgIpc) is 1.74. The van der Waals surface area contributed by atoms with E-state index in [2.05, 4.69) is 40.2 Å². The third kappa shape index (κ3) is 0.648. The van der Waals surface area contributed by atoms with Gasteiger partial charge in [0.05, 0.1) is 0 Å². The summed E-state index contributed by atoms with van der Waals surface area (Å²) in [6, 6.07) is 6.22. The standard InChI is InChI=1S/C8H5Br/c9-8-3-1-2-6-4-5-7(6)8/h1-5H. The summed E-state index contributed by atoms with van der Waals surface area (Å²) in [4.78, 5) is 0. The molecule has 0 spiro atoms. The van der Waals surface area contributed by atoms with E-state index >= 15 is 0 Å². The van der Waals surface area contributed by atoms with E-state index in [-0.39, 0.29) is 0 Å². The zero-order chi connectivity index (χ0) is 6.27. The Labute approximate surface area is 62.3 Å². The predicted octanol–water partition coefficient (Wildman–Crippen LogP) is 2.93. The van der Waals surface area contributed by atoms with Crippen LogP contribution in [-0.4, -0.2) is 0 Å². The molecule has 1 aromatic carbocycles. The molecular weight excluding hydrogens is 176 g/mol. The van der Waals surface area contributed by atoms with Crippen molar-refractivity contribution in [2.24, 2.45) is 0 Å². The van der Waals surface area contributed by atoms with Gasteiger partial charge in [0, 0.05) is 4.47 Å². The first-order valence-electron chi connectivity index (χ1n) is 2.84. The lowest BCUT2D eigenvalue weighted by molar-refractivity contribution is 1.53. The molecule has 0 saturated heterocycles. The number of halogens is 1. The maximum absolute atomic E-state index is 3.45. The fraction of sp³-hybridized carbons (Fsp3) is 0. The Bertz CT molecular complexity index is 274. The maximum atomic E-state index is 3.45. The van der Waals surface area contributed by atoms with Crippen molar-refractivity contribution in [3.8, 4) is 0 Å². The maximum Gasteiger partial charge on any atom is 0.0253 e. The molecule has 2 rings (SSSR count). The van der Waals surface area contributed by atoms with Gasteiger partial charge in [0.1, 0.15) is 0 Å². The van der Waals surface area contributed by atoms with E-state index in [1.807, 2.05) is 6.07 Å². The van der Waals surface area contributed by atoms with Crippen LogP contribution in [-0.2, 0) is 0 Å². The van der Waals surface area contributed by atoms with Crippen LogP contribution >= 0.6 is 15.9 Å². The Morgan fingerprint density at radius 2 is 2.00 bits per heavy atom. The van der Waals surface area contributed by atoms with E-state index in [1.54, 1.807) is 0 Å². The van der Waals surface area contributed by atoms with Crippen LogP contribution in [0.5, 0.6) is 0 Å². The molecule has 44 valence electrons. The smallest absolute Gasteiger partial charge is 0.0253 e. The highest BCUT2D eigenvalue weighted by Crippen LogP contribution is 2.29. The number of fused-ring (bicyclic) bond motifs is 1. The third-order valence-corrected chi connectivity index (χ3v) is 2.21. The fourth-order valence-corrected chi connectivity index (χ4v) is 1.47. The number of hydrogen-bond acceptors (Lipinski definition) is 0. The van der Waals surface area contributed by atoms with Gasteiger partial charge in [-0.05, 0) is 17.2 Å². The van der Waals surface area contributed by atoms with E-state index in [9.17, 15) is 0 Å². The topological polar surface area (TPSA) is 0 Å². The van der Waals surface area contributed by atoms with Gasteiger partial charge in [-0.3, -0.25) is 0 Å². The van der Waals surface area contributed by atoms with Gasteiger partial charge >= 0.3 is 0 Å². The summed E-state index contributed by atoms with van der Waals surface area (Å²) < 4.78 is 1.20. The second kappa shape index (κ2) is 1.71. The quantitative estimate of drug-likeness (QED) is 0.586. The van der Waals surface area contributed by atoms with E-state index in [0.717, 1.165) is 0 Å². The summed E-state index contributed by atoms with van der Waals surface area (Å²) in [5.41, 5.74) is 2.67. The van der Waals surface area contributed by atoms with Crippen molar-refractivity contribution in [1.29, 1.82) is 0 Å². The molecule has 0 bridgehead atoms. The van der Waals surface area contributed by atoms with Crippen molar-refractivity contribution in [3.63, 3.8) is 0 Å². The van der Waals surface area contributed by atoms with Gasteiger partial charge in [0.15, 0.2) is 0 Å². The van der Waals surface area contributed by atoms with Crippen LogP contribution in [0.3, 0.4) is 0 Å². The third-order valence-electron chi connectivity index (χ3n) is 1.52. The minimum absolute atomic E-state index is 1.20. The Hall–Kier alpha value is -0.560. The van der Waals surface area contributed by atoms with Crippen molar-refractivity contribution in [3.05, 3.63) is 33.8 Å². The highest BCUT2D eigenvalue weighted by molar-refractivity contribution is 9.10. The van der Waals surface area contributed by atoms with Crippen LogP contribution in [0.25, 0.3) is 12.2 Å². The van der Waals surface area contributed by atoms with Gasteiger partial charge in [-0.15, -0.1) is 0 Å². The molecule has 0 aromatic heterocycles. The second-order valence-corrected chi connectivity index (χ2v) is 2.93. The van der Waals surface area contributed by atoms with E-state index in [1.165, 1.54) is 15.6 Å². The molecular formula is C8H5Br. The molecule has 0 radical (unpaired) electrons. The predicted molar refractivity (Wildman–Crippen MR) is 43.1 cm³/mol. The van der Waals surface area contributed by atoms with Crippen LogP contribution in [0.15, 0.2) is 22.7 Å². The SMILES string of the molecule is Brc1cccc2c1C=C2. The summed E-state index contributed by atoms with van der Waals surface area (Å²) in [5, 5.41) is 0. The molecule has 0 nitrogen and oxygen atoms in total. The lowest BCUT2D eigenvalue weighted by Crippen LogP contribution is -1.88. The van der Waals surface area contributed by atoms with Crippen molar-refractivity contribution in [2.45, 2.75) is 0 Å². The van der Waals surface area contributed by atoms with E-state index in [4.69, 9.17) is 0 Å². The summed E-state index contributed by atoms with van der Waals surface area (Å²) in [5.74, 6) is 0. The highest BCUT2D eigenvalue weighted by Gasteiger charge is 2.06. The van der Waals surface area contributed by atoms with Crippen molar-refractivity contribution >= 4 is 28.1 Å². The van der Waals surface area contributed by atoms with Gasteiger partial charge in [0.25, 0.3) is 0 Å². The first kappa shape index (κ1) is 5.24. The van der Waals surface area contributed by atoms with Crippen LogP contribution in [0, 0.1) is 0 Å². The molecule has 0 N–H and O–H groups in total. The molecule has 1 heteroatoms. The molecule has 0 amide bonds. The molecule has 1 aliphatic rings. The fourth-order valence-electron chi connectivity index (χ4n) is 0.952. The summed E-state index contributed by atoms with van der Waals surface area (Å²) >= 11 is 3.45. The lowest BCUT2D eigenvalue weighted by Gasteiger charge is -2.10. The van der Waals surface area contributed by atoms with Crippen molar-refractivity contribution in [2.75, 3.05) is 0 Å². The van der Waals surface area contributed by atoms with Gasteiger partial charge < -0.3 is 0 Å². The van der Waals surface area contributed by atoms with Crippen molar-refractivity contribution < 1.29 is 0 Å². The summed E-state index contributed by atoms with van der Waals surface area (Å²) in [6.45, 7) is 0. The normalized spacial score (nSPS) is 12.6. The molecule has 0 unspecified atom stereocenters. The van der Waals surface area contributed by atoms with Crippen LogP contribution in [0.4, 0.5) is 0 Å². The molecule has 1 aliphatic carbocycles. The minimum Gasteiger partial charge on any atom is -0.0605 e. The first-order valence-corrected chi connectivity index (χ1v) is 3.64. The molecule has 1 aromatic rings. The Balaban J connectivity index is 2.70. The Kier molecular flexibility index (Phi) is 0.995. The van der Waals surface area contributed by atoms with Crippen LogP contribution in [0.1, 0.15) is 11.1 Å². The minimum atomic E-state index is 1.20. The van der Waals surface area contributed by atoms with E-state index in [0.29, 0.717) is 0 Å². The Morgan fingerprint density at radius 3 is 2.44 bits per heavy atom.